The third-order valence-corrected chi connectivity index (χ3v) is 2.28. The number of nitrogens with one attached hydrogen (secondary N) is 2. The normalized spacial score (nSPS) is 13.2. The van der Waals surface area contributed by atoms with Crippen molar-refractivity contribution in [2.24, 2.45) is 5.92 Å². The van der Waals surface area contributed by atoms with Gasteiger partial charge in [-0.25, -0.2) is 9.89 Å². The van der Waals surface area contributed by atoms with Gasteiger partial charge in [-0.2, -0.15) is 0 Å². The summed E-state index contributed by atoms with van der Waals surface area (Å²) in [5, 5.41) is 5.05. The van der Waals surface area contributed by atoms with Crippen LogP contribution in [-0.4, -0.2) is 14.8 Å². The van der Waals surface area contributed by atoms with Crippen molar-refractivity contribution in [1.82, 2.24) is 14.8 Å². The highest BCUT2D eigenvalue weighted by molar-refractivity contribution is 7.71. The molecule has 2 N–H and O–H groups in total. The summed E-state index contributed by atoms with van der Waals surface area (Å²) < 4.78 is 2.02. The summed E-state index contributed by atoms with van der Waals surface area (Å²) in [6, 6.07) is 0. The van der Waals surface area contributed by atoms with Crippen LogP contribution in [0.4, 0.5) is 0 Å². The molecule has 0 aromatic carbocycles. The average molecular weight is 187 g/mol. The maximum absolute atomic E-state index is 11.1. The second kappa shape index (κ2) is 3.71. The van der Waals surface area contributed by atoms with E-state index in [2.05, 4.69) is 24.0 Å². The Bertz CT molecular complexity index is 321. The summed E-state index contributed by atoms with van der Waals surface area (Å²) in [4.78, 5) is 11.1. The molecule has 0 aliphatic carbocycles. The van der Waals surface area contributed by atoms with Crippen molar-refractivity contribution >= 4 is 12.2 Å². The maximum atomic E-state index is 11.1. The Morgan fingerprint density at radius 1 is 1.58 bits per heavy atom. The molecule has 1 heterocycles. The number of aromatic nitrogens is 3. The third-order valence-electron chi connectivity index (χ3n) is 1.96. The lowest BCUT2D eigenvalue weighted by atomic mass is 10.1. The van der Waals surface area contributed by atoms with Gasteiger partial charge in [-0.15, -0.1) is 0 Å². The van der Waals surface area contributed by atoms with Crippen LogP contribution in [0, 0.1) is 10.7 Å². The van der Waals surface area contributed by atoms with Gasteiger partial charge in [-0.3, -0.25) is 9.67 Å². The molecule has 0 amide bonds. The molecule has 0 bridgehead atoms. The molecule has 0 aliphatic rings. The van der Waals surface area contributed by atoms with Crippen molar-refractivity contribution in [2.75, 3.05) is 0 Å². The van der Waals surface area contributed by atoms with Crippen molar-refractivity contribution in [1.29, 1.82) is 0 Å². The predicted octanol–water partition coefficient (Wildman–Crippen LogP) is 1.28. The second-order valence-corrected chi connectivity index (χ2v) is 3.37. The molecule has 0 fully saturated rings. The highest BCUT2D eigenvalue weighted by Crippen LogP contribution is 2.02. The van der Waals surface area contributed by atoms with Crippen LogP contribution in [0.15, 0.2) is 4.79 Å². The standard InChI is InChI=1S/C7H13N3OS/c1-3-5(2)4-10-6(11)8-9-7(10)12/h5H,3-4H2,1-2H3,(H,8,11)(H,9,12)/t5-/m0/s1. The Balaban J connectivity index is 2.88. The highest BCUT2D eigenvalue weighted by Gasteiger charge is 2.04. The Hall–Kier alpha value is -0.840. The van der Waals surface area contributed by atoms with Gasteiger partial charge in [0.2, 0.25) is 0 Å². The number of hydrogen-bond acceptors (Lipinski definition) is 2. The number of nitrogens with zero attached hydrogens (tertiary/aromatic N) is 1. The van der Waals surface area contributed by atoms with Crippen molar-refractivity contribution in [2.45, 2.75) is 26.8 Å². The molecular formula is C7H13N3OS. The first-order chi connectivity index (χ1) is 5.65. The van der Waals surface area contributed by atoms with E-state index in [1.165, 1.54) is 0 Å². The van der Waals surface area contributed by atoms with Crippen LogP contribution >= 0.6 is 12.2 Å². The molecule has 1 rings (SSSR count). The first-order valence-electron chi connectivity index (χ1n) is 4.02. The molecule has 0 aliphatic heterocycles. The molecule has 68 valence electrons. The fraction of sp³-hybridized carbons (Fsp3) is 0.714. The van der Waals surface area contributed by atoms with Crippen LogP contribution in [-0.2, 0) is 6.54 Å². The lowest BCUT2D eigenvalue weighted by Gasteiger charge is -2.06. The molecule has 4 nitrogen and oxygen atoms in total. The zero-order chi connectivity index (χ0) is 9.14. The van der Waals surface area contributed by atoms with E-state index in [0.29, 0.717) is 17.2 Å². The monoisotopic (exact) mass is 187 g/mol. The maximum Gasteiger partial charge on any atom is 0.342 e. The van der Waals surface area contributed by atoms with Crippen molar-refractivity contribution in [3.63, 3.8) is 0 Å². The Morgan fingerprint density at radius 2 is 2.25 bits per heavy atom. The van der Waals surface area contributed by atoms with Gasteiger partial charge in [0.25, 0.3) is 0 Å². The molecule has 5 heteroatoms. The van der Waals surface area contributed by atoms with Crippen LogP contribution in [0.25, 0.3) is 0 Å². The molecule has 1 aromatic heterocycles. The first kappa shape index (κ1) is 9.25. The van der Waals surface area contributed by atoms with E-state index in [-0.39, 0.29) is 5.69 Å². The summed E-state index contributed by atoms with van der Waals surface area (Å²) in [6.45, 7) is 4.87. The van der Waals surface area contributed by atoms with Crippen LogP contribution < -0.4 is 5.69 Å². The van der Waals surface area contributed by atoms with Gasteiger partial charge >= 0.3 is 5.69 Å². The van der Waals surface area contributed by atoms with E-state index in [9.17, 15) is 4.79 Å². The van der Waals surface area contributed by atoms with Crippen molar-refractivity contribution < 1.29 is 0 Å². The van der Waals surface area contributed by atoms with E-state index in [1.54, 1.807) is 4.57 Å². The largest absolute Gasteiger partial charge is 0.342 e. The average Bonchev–Trinajstić information content (AvgIpc) is 2.35. The zero-order valence-corrected chi connectivity index (χ0v) is 8.07. The van der Waals surface area contributed by atoms with Gasteiger partial charge in [0.05, 0.1) is 0 Å². The lowest BCUT2D eigenvalue weighted by Crippen LogP contribution is -2.20. The number of hydrogen-bond donors (Lipinski definition) is 2. The smallest absolute Gasteiger partial charge is 0.272 e. The van der Waals surface area contributed by atoms with E-state index in [1.807, 2.05) is 0 Å². The second-order valence-electron chi connectivity index (χ2n) is 2.98. The number of H-pyrrole nitrogens is 2. The zero-order valence-electron chi connectivity index (χ0n) is 7.26. The summed E-state index contributed by atoms with van der Waals surface area (Å²) in [7, 11) is 0. The number of aromatic amines is 2. The van der Waals surface area contributed by atoms with Crippen molar-refractivity contribution in [3.8, 4) is 0 Å². The van der Waals surface area contributed by atoms with Crippen LogP contribution in [0.5, 0.6) is 0 Å². The topological polar surface area (TPSA) is 53.6 Å². The quantitative estimate of drug-likeness (QED) is 0.700. The van der Waals surface area contributed by atoms with E-state index in [4.69, 9.17) is 12.2 Å². The molecule has 0 unspecified atom stereocenters. The molecule has 1 atom stereocenters. The number of rotatable bonds is 3. The molecule has 1 aromatic rings. The van der Waals surface area contributed by atoms with Gasteiger partial charge in [-0.05, 0) is 18.1 Å². The minimum Gasteiger partial charge on any atom is -0.272 e. The Kier molecular flexibility index (Phi) is 2.86. The van der Waals surface area contributed by atoms with E-state index in [0.717, 1.165) is 6.42 Å². The summed E-state index contributed by atoms with van der Waals surface area (Å²) in [6.07, 6.45) is 1.05. The van der Waals surface area contributed by atoms with Gasteiger partial charge in [-0.1, -0.05) is 20.3 Å². The minimum absolute atomic E-state index is 0.152. The van der Waals surface area contributed by atoms with Gasteiger partial charge in [0.1, 0.15) is 0 Å². The first-order valence-corrected chi connectivity index (χ1v) is 4.43. The summed E-state index contributed by atoms with van der Waals surface area (Å²) in [5.41, 5.74) is -0.152. The molecule has 0 saturated carbocycles. The highest BCUT2D eigenvalue weighted by atomic mass is 32.1. The van der Waals surface area contributed by atoms with E-state index < -0.39 is 0 Å². The van der Waals surface area contributed by atoms with Gasteiger partial charge in [0, 0.05) is 6.54 Å². The van der Waals surface area contributed by atoms with Crippen LogP contribution in [0.1, 0.15) is 20.3 Å². The predicted molar refractivity (Wildman–Crippen MR) is 49.7 cm³/mol. The summed E-state index contributed by atoms with van der Waals surface area (Å²) >= 11 is 4.92. The Labute approximate surface area is 75.6 Å². The fourth-order valence-electron chi connectivity index (χ4n) is 0.941. The van der Waals surface area contributed by atoms with Crippen LogP contribution in [0.2, 0.25) is 0 Å². The third kappa shape index (κ3) is 1.85. The molecule has 0 spiro atoms. The molecular weight excluding hydrogens is 174 g/mol. The molecule has 12 heavy (non-hydrogen) atoms. The minimum atomic E-state index is -0.152. The van der Waals surface area contributed by atoms with Crippen LogP contribution in [0.3, 0.4) is 0 Å². The Morgan fingerprint density at radius 3 is 2.67 bits per heavy atom. The van der Waals surface area contributed by atoms with E-state index >= 15 is 0 Å². The van der Waals surface area contributed by atoms with Crippen molar-refractivity contribution in [3.05, 3.63) is 15.3 Å². The SMILES string of the molecule is CC[C@H](C)Cn1c(=O)[nH][nH]c1=S. The molecule has 0 saturated heterocycles. The molecule has 0 radical (unpaired) electrons. The van der Waals surface area contributed by atoms with Gasteiger partial charge in [0.15, 0.2) is 4.77 Å². The van der Waals surface area contributed by atoms with Gasteiger partial charge < -0.3 is 0 Å². The fourth-order valence-corrected chi connectivity index (χ4v) is 1.15. The summed E-state index contributed by atoms with van der Waals surface area (Å²) in [5.74, 6) is 0.480. The lowest BCUT2D eigenvalue weighted by molar-refractivity contribution is 0.457.